The predicted octanol–water partition coefficient (Wildman–Crippen LogP) is 3.23. The Kier molecular flexibility index (Phi) is 12.8. The van der Waals surface area contributed by atoms with Gasteiger partial charge >= 0.3 is 0 Å². The highest BCUT2D eigenvalue weighted by atomic mass is 79.9. The minimum atomic E-state index is 0. The number of nitrogens with two attached hydrogens (primary N) is 1. The second kappa shape index (κ2) is 13.0. The molecule has 0 aromatic heterocycles. The number of halogens is 2. The lowest BCUT2D eigenvalue weighted by molar-refractivity contribution is -0.121. The van der Waals surface area contributed by atoms with Crippen LogP contribution >= 0.6 is 40.1 Å². The van der Waals surface area contributed by atoms with Gasteiger partial charge in [-0.05, 0) is 31.5 Å². The zero-order chi connectivity index (χ0) is 15.5. The number of hydrogen-bond acceptors (Lipinski definition) is 4. The van der Waals surface area contributed by atoms with Crippen molar-refractivity contribution >= 4 is 46.0 Å². The number of carbonyl (C=O) groups excluding carboxylic acids is 1. The molecule has 1 aromatic carbocycles. The van der Waals surface area contributed by atoms with Crippen LogP contribution in [0.1, 0.15) is 19.8 Å². The summed E-state index contributed by atoms with van der Waals surface area (Å²) >= 11 is 5.17. The maximum Gasteiger partial charge on any atom is 0.220 e. The van der Waals surface area contributed by atoms with Crippen molar-refractivity contribution in [1.82, 2.24) is 5.32 Å². The lowest BCUT2D eigenvalue weighted by atomic mass is 10.2. The molecule has 126 valence electrons. The number of carbonyl (C=O) groups is 1. The van der Waals surface area contributed by atoms with E-state index in [4.69, 9.17) is 10.5 Å². The van der Waals surface area contributed by atoms with E-state index in [-0.39, 0.29) is 24.4 Å². The van der Waals surface area contributed by atoms with Gasteiger partial charge in [0.25, 0.3) is 0 Å². The van der Waals surface area contributed by atoms with Gasteiger partial charge in [-0.15, -0.1) is 12.4 Å². The first kappa shape index (κ1) is 21.6. The van der Waals surface area contributed by atoms with Gasteiger partial charge in [-0.3, -0.25) is 4.79 Å². The minimum Gasteiger partial charge on any atom is -0.493 e. The molecule has 0 aliphatic heterocycles. The van der Waals surface area contributed by atoms with Gasteiger partial charge in [0.05, 0.1) is 6.61 Å². The monoisotopic (exact) mass is 410 g/mol. The van der Waals surface area contributed by atoms with Crippen molar-refractivity contribution in [1.29, 1.82) is 0 Å². The molecule has 0 spiro atoms. The summed E-state index contributed by atoms with van der Waals surface area (Å²) in [5.74, 6) is 2.75. The van der Waals surface area contributed by atoms with E-state index in [0.29, 0.717) is 19.6 Å². The van der Waals surface area contributed by atoms with Crippen molar-refractivity contribution in [3.63, 3.8) is 0 Å². The summed E-state index contributed by atoms with van der Waals surface area (Å²) in [5.41, 5.74) is 5.61. The van der Waals surface area contributed by atoms with Gasteiger partial charge in [-0.25, -0.2) is 0 Å². The van der Waals surface area contributed by atoms with Crippen LogP contribution in [-0.2, 0) is 4.79 Å². The van der Waals surface area contributed by atoms with Crippen LogP contribution in [0.15, 0.2) is 28.7 Å². The highest BCUT2D eigenvalue weighted by Gasteiger charge is 2.02. The molecule has 1 amide bonds. The van der Waals surface area contributed by atoms with Crippen LogP contribution in [0.25, 0.3) is 0 Å². The number of thioether (sulfide) groups is 1. The van der Waals surface area contributed by atoms with E-state index in [2.05, 4.69) is 21.2 Å². The van der Waals surface area contributed by atoms with Crippen molar-refractivity contribution in [3.05, 3.63) is 28.7 Å². The fraction of sp³-hybridized carbons (Fsp3) is 0.533. The molecule has 0 fully saturated rings. The third-order valence-corrected chi connectivity index (χ3v) is 4.13. The SMILES string of the molecule is CC(N)CCC(=O)NCCSCCOc1cccc(Br)c1.Cl. The summed E-state index contributed by atoms with van der Waals surface area (Å²) in [7, 11) is 0. The predicted molar refractivity (Wildman–Crippen MR) is 100 cm³/mol. The van der Waals surface area contributed by atoms with Gasteiger partial charge in [0.2, 0.25) is 5.91 Å². The highest BCUT2D eigenvalue weighted by molar-refractivity contribution is 9.10. The van der Waals surface area contributed by atoms with Crippen LogP contribution in [-0.4, -0.2) is 36.6 Å². The molecule has 3 N–H and O–H groups in total. The average molecular weight is 412 g/mol. The molecule has 1 rings (SSSR count). The first-order valence-electron chi connectivity index (χ1n) is 7.06. The Balaban J connectivity index is 0.00000441. The minimum absolute atomic E-state index is 0. The smallest absolute Gasteiger partial charge is 0.220 e. The molecule has 0 aliphatic rings. The molecule has 0 radical (unpaired) electrons. The highest BCUT2D eigenvalue weighted by Crippen LogP contribution is 2.17. The molecule has 1 atom stereocenters. The molecule has 1 aromatic rings. The van der Waals surface area contributed by atoms with Crippen molar-refractivity contribution in [3.8, 4) is 5.75 Å². The first-order valence-corrected chi connectivity index (χ1v) is 9.01. The molecule has 4 nitrogen and oxygen atoms in total. The van der Waals surface area contributed by atoms with E-state index >= 15 is 0 Å². The second-order valence-electron chi connectivity index (χ2n) is 4.78. The molecule has 0 heterocycles. The van der Waals surface area contributed by atoms with E-state index in [1.165, 1.54) is 0 Å². The van der Waals surface area contributed by atoms with Crippen LogP contribution in [0.2, 0.25) is 0 Å². The normalized spacial score (nSPS) is 11.4. The van der Waals surface area contributed by atoms with Gasteiger partial charge in [0.15, 0.2) is 0 Å². The average Bonchev–Trinajstić information content (AvgIpc) is 2.44. The standard InChI is InChI=1S/C15H23BrN2O2S.ClH/c1-12(17)5-6-15(19)18-7-9-21-10-8-20-14-4-2-3-13(16)11-14;/h2-4,11-12H,5-10,17H2,1H3,(H,18,19);1H. The Hall–Kier alpha value is -0.430. The van der Waals surface area contributed by atoms with E-state index in [1.807, 2.05) is 31.2 Å². The topological polar surface area (TPSA) is 64.4 Å². The summed E-state index contributed by atoms with van der Waals surface area (Å²) in [6.45, 7) is 3.27. The summed E-state index contributed by atoms with van der Waals surface area (Å²) < 4.78 is 6.64. The van der Waals surface area contributed by atoms with Crippen molar-refractivity contribution in [2.24, 2.45) is 5.73 Å². The van der Waals surface area contributed by atoms with E-state index in [1.54, 1.807) is 11.8 Å². The summed E-state index contributed by atoms with van der Waals surface area (Å²) in [4.78, 5) is 11.4. The number of ether oxygens (including phenoxy) is 1. The third-order valence-electron chi connectivity index (χ3n) is 2.69. The van der Waals surface area contributed by atoms with Gasteiger partial charge < -0.3 is 15.8 Å². The lowest BCUT2D eigenvalue weighted by Gasteiger charge is -2.08. The molecule has 7 heteroatoms. The maximum absolute atomic E-state index is 11.4. The maximum atomic E-state index is 11.4. The number of benzene rings is 1. The van der Waals surface area contributed by atoms with Gasteiger partial charge in [-0.2, -0.15) is 11.8 Å². The Morgan fingerprint density at radius 3 is 2.91 bits per heavy atom. The zero-order valence-corrected chi connectivity index (χ0v) is 15.9. The van der Waals surface area contributed by atoms with Crippen molar-refractivity contribution in [2.45, 2.75) is 25.8 Å². The first-order chi connectivity index (χ1) is 10.1. The van der Waals surface area contributed by atoms with Crippen LogP contribution in [0.5, 0.6) is 5.75 Å². The Morgan fingerprint density at radius 2 is 2.23 bits per heavy atom. The largest absolute Gasteiger partial charge is 0.493 e. The molecule has 1 unspecified atom stereocenters. The van der Waals surface area contributed by atoms with E-state index in [9.17, 15) is 4.79 Å². The van der Waals surface area contributed by atoms with E-state index < -0.39 is 0 Å². The number of nitrogens with one attached hydrogen (secondary N) is 1. The molecule has 22 heavy (non-hydrogen) atoms. The van der Waals surface area contributed by atoms with Crippen LogP contribution in [0, 0.1) is 0 Å². The number of hydrogen-bond donors (Lipinski definition) is 2. The molecule has 0 bridgehead atoms. The fourth-order valence-corrected chi connectivity index (χ4v) is 2.62. The fourth-order valence-electron chi connectivity index (χ4n) is 1.59. The lowest BCUT2D eigenvalue weighted by Crippen LogP contribution is -2.27. The summed E-state index contributed by atoms with van der Waals surface area (Å²) in [6.07, 6.45) is 1.24. The molecular formula is C15H24BrClN2O2S. The van der Waals surface area contributed by atoms with Gasteiger partial charge in [0, 0.05) is 35.0 Å². The third kappa shape index (κ3) is 11.2. The van der Waals surface area contributed by atoms with Crippen molar-refractivity contribution in [2.75, 3.05) is 24.7 Å². The second-order valence-corrected chi connectivity index (χ2v) is 6.92. The molecule has 0 aliphatic carbocycles. The Bertz CT molecular complexity index is 436. The quantitative estimate of drug-likeness (QED) is 0.580. The van der Waals surface area contributed by atoms with Crippen LogP contribution in [0.4, 0.5) is 0 Å². The Labute approximate surface area is 151 Å². The molecule has 0 saturated heterocycles. The zero-order valence-electron chi connectivity index (χ0n) is 12.7. The van der Waals surface area contributed by atoms with Gasteiger partial charge in [0.1, 0.15) is 5.75 Å². The molecule has 0 saturated carbocycles. The van der Waals surface area contributed by atoms with Crippen LogP contribution < -0.4 is 15.8 Å². The van der Waals surface area contributed by atoms with Gasteiger partial charge in [-0.1, -0.05) is 22.0 Å². The molecular weight excluding hydrogens is 388 g/mol. The summed E-state index contributed by atoms with van der Waals surface area (Å²) in [6, 6.07) is 7.89. The van der Waals surface area contributed by atoms with E-state index in [0.717, 1.165) is 28.1 Å². The Morgan fingerprint density at radius 1 is 1.45 bits per heavy atom. The van der Waals surface area contributed by atoms with Crippen molar-refractivity contribution < 1.29 is 9.53 Å². The number of amides is 1. The summed E-state index contributed by atoms with van der Waals surface area (Å²) in [5, 5.41) is 2.89. The number of rotatable bonds is 10. The van der Waals surface area contributed by atoms with Crippen LogP contribution in [0.3, 0.4) is 0 Å².